The normalized spacial score (nSPS) is 19.1. The molecule has 35 heavy (non-hydrogen) atoms. The lowest BCUT2D eigenvalue weighted by Crippen LogP contribution is -2.48. The Labute approximate surface area is 214 Å². The molecule has 0 atom stereocenters. The van der Waals surface area contributed by atoms with E-state index < -0.39 is 0 Å². The Morgan fingerprint density at radius 1 is 1.06 bits per heavy atom. The summed E-state index contributed by atoms with van der Waals surface area (Å²) < 4.78 is 5.29. The number of imidazole rings is 1. The predicted molar refractivity (Wildman–Crippen MR) is 146 cm³/mol. The highest BCUT2D eigenvalue weighted by molar-refractivity contribution is 6.32. The van der Waals surface area contributed by atoms with Crippen molar-refractivity contribution in [3.05, 3.63) is 46.5 Å². The van der Waals surface area contributed by atoms with Gasteiger partial charge in [0, 0.05) is 18.2 Å². The third-order valence-electron chi connectivity index (χ3n) is 7.92. The molecule has 2 aliphatic rings. The van der Waals surface area contributed by atoms with Crippen molar-refractivity contribution < 1.29 is 4.74 Å². The SMILES string of the molecule is COc1ccc(-c2nc3c(C)cc(C4CCN(C5CCN(CC(C)C)CC5)CC4)cc3[nH]2)cc1Cl. The molecule has 0 bridgehead atoms. The largest absolute Gasteiger partial charge is 0.495 e. The number of piperidine rings is 2. The number of rotatable bonds is 6. The van der Waals surface area contributed by atoms with Gasteiger partial charge in [0.15, 0.2) is 0 Å². The molecule has 2 aliphatic heterocycles. The molecule has 0 spiro atoms. The van der Waals surface area contributed by atoms with Crippen molar-refractivity contribution in [3.8, 4) is 17.1 Å². The molecule has 3 aromatic rings. The van der Waals surface area contributed by atoms with Gasteiger partial charge in [-0.25, -0.2) is 4.98 Å². The van der Waals surface area contributed by atoms with Gasteiger partial charge in [-0.15, -0.1) is 0 Å². The summed E-state index contributed by atoms with van der Waals surface area (Å²) in [6, 6.07) is 11.3. The number of benzene rings is 2. The Morgan fingerprint density at radius 2 is 1.80 bits per heavy atom. The van der Waals surface area contributed by atoms with Gasteiger partial charge in [-0.1, -0.05) is 31.5 Å². The second-order valence-corrected chi connectivity index (χ2v) is 11.3. The van der Waals surface area contributed by atoms with Gasteiger partial charge in [-0.2, -0.15) is 0 Å². The zero-order valence-corrected chi connectivity index (χ0v) is 22.4. The fourth-order valence-corrected chi connectivity index (χ4v) is 6.34. The molecular formula is C29H39ClN4O. The molecule has 2 aromatic carbocycles. The molecule has 5 nitrogen and oxygen atoms in total. The van der Waals surface area contributed by atoms with Gasteiger partial charge in [0.2, 0.25) is 0 Å². The topological polar surface area (TPSA) is 44.4 Å². The molecule has 2 fully saturated rings. The first-order valence-corrected chi connectivity index (χ1v) is 13.6. The van der Waals surface area contributed by atoms with Crippen molar-refractivity contribution in [2.75, 3.05) is 39.8 Å². The quantitative estimate of drug-likeness (QED) is 0.424. The van der Waals surface area contributed by atoms with Gasteiger partial charge >= 0.3 is 0 Å². The van der Waals surface area contributed by atoms with E-state index in [1.165, 1.54) is 69.5 Å². The number of halogens is 1. The maximum absolute atomic E-state index is 6.36. The standard InChI is InChI=1S/C29H39ClN4O/c1-19(2)18-33-11-9-24(10-12-33)34-13-7-21(8-14-34)23-15-20(3)28-26(17-23)31-29(32-28)22-5-6-27(35-4)25(30)16-22/h5-6,15-17,19,21,24H,7-14,18H2,1-4H3,(H,31,32). The molecule has 3 heterocycles. The number of nitrogens with zero attached hydrogens (tertiary/aromatic N) is 3. The van der Waals surface area contributed by atoms with Crippen LogP contribution in [0.1, 0.15) is 56.6 Å². The molecule has 1 N–H and O–H groups in total. The minimum Gasteiger partial charge on any atom is -0.495 e. The number of hydrogen-bond donors (Lipinski definition) is 1. The molecule has 1 aromatic heterocycles. The van der Waals surface area contributed by atoms with Gasteiger partial charge in [-0.3, -0.25) is 0 Å². The first-order chi connectivity index (χ1) is 16.9. The summed E-state index contributed by atoms with van der Waals surface area (Å²) in [5, 5.41) is 0.597. The van der Waals surface area contributed by atoms with Crippen LogP contribution in [0.15, 0.2) is 30.3 Å². The van der Waals surface area contributed by atoms with E-state index >= 15 is 0 Å². The number of aromatic amines is 1. The van der Waals surface area contributed by atoms with Gasteiger partial charge in [-0.05, 0) is 106 Å². The van der Waals surface area contributed by atoms with Crippen LogP contribution in [-0.2, 0) is 0 Å². The lowest BCUT2D eigenvalue weighted by atomic mass is 9.87. The lowest BCUT2D eigenvalue weighted by molar-refractivity contribution is 0.0828. The molecule has 0 unspecified atom stereocenters. The van der Waals surface area contributed by atoms with Crippen LogP contribution in [-0.4, -0.2) is 65.6 Å². The van der Waals surface area contributed by atoms with Crippen molar-refractivity contribution in [2.45, 2.75) is 58.4 Å². The van der Waals surface area contributed by atoms with E-state index in [4.69, 9.17) is 21.3 Å². The van der Waals surface area contributed by atoms with Crippen molar-refractivity contribution in [1.29, 1.82) is 0 Å². The van der Waals surface area contributed by atoms with Crippen LogP contribution in [0.3, 0.4) is 0 Å². The third kappa shape index (κ3) is 5.37. The van der Waals surface area contributed by atoms with E-state index in [0.717, 1.165) is 34.4 Å². The second kappa shape index (κ2) is 10.5. The summed E-state index contributed by atoms with van der Waals surface area (Å²) in [5.41, 5.74) is 5.81. The number of H-pyrrole nitrogens is 1. The molecule has 0 aliphatic carbocycles. The number of hydrogen-bond acceptors (Lipinski definition) is 4. The zero-order chi connectivity index (χ0) is 24.5. The number of aryl methyl sites for hydroxylation is 1. The number of ether oxygens (including phenoxy) is 1. The Kier molecular flexibility index (Phi) is 7.38. The summed E-state index contributed by atoms with van der Waals surface area (Å²) in [6.07, 6.45) is 5.14. The maximum atomic E-state index is 6.36. The average molecular weight is 495 g/mol. The summed E-state index contributed by atoms with van der Waals surface area (Å²) in [7, 11) is 1.63. The predicted octanol–water partition coefficient (Wildman–Crippen LogP) is 6.50. The number of methoxy groups -OCH3 is 1. The van der Waals surface area contributed by atoms with Gasteiger partial charge in [0.1, 0.15) is 11.6 Å². The van der Waals surface area contributed by atoms with E-state index in [9.17, 15) is 0 Å². The Hall–Kier alpha value is -2.08. The van der Waals surface area contributed by atoms with E-state index in [1.807, 2.05) is 18.2 Å². The Bertz CT molecular complexity index is 1160. The molecule has 0 saturated carbocycles. The molecule has 0 radical (unpaired) electrons. The molecule has 0 amide bonds. The van der Waals surface area contributed by atoms with Crippen LogP contribution in [0.5, 0.6) is 5.75 Å². The van der Waals surface area contributed by atoms with Crippen LogP contribution in [0.25, 0.3) is 22.4 Å². The van der Waals surface area contributed by atoms with E-state index in [0.29, 0.717) is 16.7 Å². The number of fused-ring (bicyclic) bond motifs is 1. The third-order valence-corrected chi connectivity index (χ3v) is 8.22. The smallest absolute Gasteiger partial charge is 0.138 e. The summed E-state index contributed by atoms with van der Waals surface area (Å²) in [4.78, 5) is 13.9. The molecule has 188 valence electrons. The number of aromatic nitrogens is 2. The molecular weight excluding hydrogens is 456 g/mol. The monoisotopic (exact) mass is 494 g/mol. The van der Waals surface area contributed by atoms with Crippen LogP contribution in [0.2, 0.25) is 5.02 Å². The van der Waals surface area contributed by atoms with Crippen LogP contribution in [0, 0.1) is 12.8 Å². The summed E-state index contributed by atoms with van der Waals surface area (Å²) in [6.45, 7) is 13.0. The van der Waals surface area contributed by atoms with Gasteiger partial charge in [0.05, 0.1) is 23.2 Å². The Morgan fingerprint density at radius 3 is 2.46 bits per heavy atom. The van der Waals surface area contributed by atoms with Crippen molar-refractivity contribution in [1.82, 2.24) is 19.8 Å². The van der Waals surface area contributed by atoms with Crippen molar-refractivity contribution in [2.24, 2.45) is 5.92 Å². The highest BCUT2D eigenvalue weighted by Crippen LogP contribution is 2.35. The Balaban J connectivity index is 1.25. The molecule has 6 heteroatoms. The second-order valence-electron chi connectivity index (χ2n) is 10.9. The van der Waals surface area contributed by atoms with Crippen LogP contribution >= 0.6 is 11.6 Å². The molecule has 2 saturated heterocycles. The minimum atomic E-state index is 0.597. The summed E-state index contributed by atoms with van der Waals surface area (Å²) in [5.74, 6) is 2.92. The fraction of sp³-hybridized carbons (Fsp3) is 0.552. The van der Waals surface area contributed by atoms with E-state index in [2.05, 4.69) is 47.7 Å². The first kappa shape index (κ1) is 24.6. The van der Waals surface area contributed by atoms with E-state index in [1.54, 1.807) is 7.11 Å². The average Bonchev–Trinajstić information content (AvgIpc) is 3.29. The summed E-state index contributed by atoms with van der Waals surface area (Å²) >= 11 is 6.36. The number of nitrogens with one attached hydrogen (secondary N) is 1. The van der Waals surface area contributed by atoms with Gasteiger partial charge < -0.3 is 19.5 Å². The highest BCUT2D eigenvalue weighted by Gasteiger charge is 2.29. The van der Waals surface area contributed by atoms with Crippen LogP contribution < -0.4 is 4.74 Å². The van der Waals surface area contributed by atoms with Gasteiger partial charge in [0.25, 0.3) is 0 Å². The maximum Gasteiger partial charge on any atom is 0.138 e. The number of likely N-dealkylation sites (tertiary alicyclic amines) is 2. The molecule has 5 rings (SSSR count). The first-order valence-electron chi connectivity index (χ1n) is 13.2. The minimum absolute atomic E-state index is 0.597. The zero-order valence-electron chi connectivity index (χ0n) is 21.6. The van der Waals surface area contributed by atoms with E-state index in [-0.39, 0.29) is 0 Å². The fourth-order valence-electron chi connectivity index (χ4n) is 6.09. The van der Waals surface area contributed by atoms with Crippen molar-refractivity contribution in [3.63, 3.8) is 0 Å². The highest BCUT2D eigenvalue weighted by atomic mass is 35.5. The van der Waals surface area contributed by atoms with Crippen LogP contribution in [0.4, 0.5) is 0 Å². The van der Waals surface area contributed by atoms with Crippen molar-refractivity contribution >= 4 is 22.6 Å². The lowest BCUT2D eigenvalue weighted by Gasteiger charge is -2.42.